The molecule has 105 valence electrons. The highest BCUT2D eigenvalue weighted by Crippen LogP contribution is 2.27. The summed E-state index contributed by atoms with van der Waals surface area (Å²) in [4.78, 5) is 23.0. The molecular weight excluding hydrogens is 262 g/mol. The number of nitrogens with zero attached hydrogens (tertiary/aromatic N) is 1. The van der Waals surface area contributed by atoms with Gasteiger partial charge < -0.3 is 11.1 Å². The molecule has 0 aromatic carbocycles. The number of amides is 2. The third-order valence-electron chi connectivity index (χ3n) is 3.39. The maximum absolute atomic E-state index is 11.9. The number of hydrogen-bond acceptors (Lipinski definition) is 4. The van der Waals surface area contributed by atoms with E-state index in [2.05, 4.69) is 11.4 Å². The van der Waals surface area contributed by atoms with E-state index in [0.717, 1.165) is 11.5 Å². The molecule has 2 amide bonds. The highest BCUT2D eigenvalue weighted by molar-refractivity contribution is 7.99. The molecule has 1 saturated heterocycles. The summed E-state index contributed by atoms with van der Waals surface area (Å²) in [6, 6.07) is 2.21. The van der Waals surface area contributed by atoms with Crippen molar-refractivity contribution in [3.05, 3.63) is 6.42 Å². The Balaban J connectivity index is 2.51. The summed E-state index contributed by atoms with van der Waals surface area (Å²) in [5.74, 6) is 1.00. The summed E-state index contributed by atoms with van der Waals surface area (Å²) in [7, 11) is 0. The zero-order valence-electron chi connectivity index (χ0n) is 11.4. The first-order valence-corrected chi connectivity index (χ1v) is 7.41. The van der Waals surface area contributed by atoms with Crippen LogP contribution < -0.4 is 11.1 Å². The molecule has 1 aliphatic heterocycles. The van der Waals surface area contributed by atoms with Crippen LogP contribution in [-0.4, -0.2) is 28.9 Å². The van der Waals surface area contributed by atoms with Crippen LogP contribution in [0.5, 0.6) is 0 Å². The second-order valence-electron chi connectivity index (χ2n) is 5.45. The van der Waals surface area contributed by atoms with Gasteiger partial charge in [-0.25, -0.2) is 0 Å². The van der Waals surface area contributed by atoms with E-state index >= 15 is 0 Å². The van der Waals surface area contributed by atoms with Gasteiger partial charge >= 0.3 is 0 Å². The van der Waals surface area contributed by atoms with Gasteiger partial charge in [-0.1, -0.05) is 13.8 Å². The zero-order valence-corrected chi connectivity index (χ0v) is 12.2. The molecule has 0 aliphatic carbocycles. The first-order valence-electron chi connectivity index (χ1n) is 6.26. The van der Waals surface area contributed by atoms with Crippen molar-refractivity contribution in [2.75, 3.05) is 11.5 Å². The van der Waals surface area contributed by atoms with Crippen molar-refractivity contribution in [2.45, 2.75) is 38.6 Å². The normalized spacial score (nSPS) is 18.4. The van der Waals surface area contributed by atoms with Gasteiger partial charge in [0.1, 0.15) is 5.54 Å². The van der Waals surface area contributed by atoms with E-state index in [1.165, 1.54) is 6.42 Å². The number of carbonyl (C=O) groups is 2. The Morgan fingerprint density at radius 3 is 2.53 bits per heavy atom. The summed E-state index contributed by atoms with van der Waals surface area (Å²) in [5, 5.41) is 12.0. The minimum atomic E-state index is -0.754. The summed E-state index contributed by atoms with van der Waals surface area (Å²) >= 11 is 1.79. The predicted molar refractivity (Wildman–Crippen MR) is 74.9 cm³/mol. The van der Waals surface area contributed by atoms with Crippen LogP contribution in [0.1, 0.15) is 33.1 Å². The Morgan fingerprint density at radius 1 is 1.47 bits per heavy atom. The van der Waals surface area contributed by atoms with Crippen LogP contribution in [0.2, 0.25) is 0 Å². The Bertz CT molecular complexity index is 395. The van der Waals surface area contributed by atoms with Crippen molar-refractivity contribution in [1.29, 1.82) is 5.26 Å². The van der Waals surface area contributed by atoms with Crippen molar-refractivity contribution in [1.82, 2.24) is 5.32 Å². The summed E-state index contributed by atoms with van der Waals surface area (Å²) in [5.41, 5.74) is 3.74. The van der Waals surface area contributed by atoms with Gasteiger partial charge in [0.15, 0.2) is 0 Å². The molecule has 0 unspecified atom stereocenters. The maximum Gasteiger partial charge on any atom is 0.225 e. The molecule has 0 saturated carbocycles. The van der Waals surface area contributed by atoms with Crippen LogP contribution in [0.25, 0.3) is 0 Å². The van der Waals surface area contributed by atoms with Crippen LogP contribution in [-0.2, 0) is 9.59 Å². The Hall–Kier alpha value is -1.22. The average Bonchev–Trinajstić information content (AvgIpc) is 2.37. The highest BCUT2D eigenvalue weighted by Gasteiger charge is 2.34. The lowest BCUT2D eigenvalue weighted by Crippen LogP contribution is -2.50. The van der Waals surface area contributed by atoms with Gasteiger partial charge in [0.2, 0.25) is 11.8 Å². The molecule has 1 heterocycles. The lowest BCUT2D eigenvalue weighted by molar-refractivity contribution is -0.126. The van der Waals surface area contributed by atoms with Crippen LogP contribution in [0.3, 0.4) is 0 Å². The molecular formula is C13H20N3O2S. The van der Waals surface area contributed by atoms with Gasteiger partial charge in [-0.15, -0.1) is 0 Å². The maximum atomic E-state index is 11.9. The molecule has 0 aromatic rings. The summed E-state index contributed by atoms with van der Waals surface area (Å²) < 4.78 is 0. The molecule has 1 aliphatic rings. The van der Waals surface area contributed by atoms with Gasteiger partial charge in [-0.05, 0) is 30.8 Å². The molecule has 0 spiro atoms. The molecule has 5 nitrogen and oxygen atoms in total. The zero-order chi connectivity index (χ0) is 14.5. The van der Waals surface area contributed by atoms with Crippen molar-refractivity contribution in [3.8, 4) is 6.07 Å². The molecule has 19 heavy (non-hydrogen) atoms. The number of nitrogens with one attached hydrogen (secondary N) is 1. The van der Waals surface area contributed by atoms with E-state index in [9.17, 15) is 14.9 Å². The summed E-state index contributed by atoms with van der Waals surface area (Å²) in [6.07, 6.45) is 3.00. The van der Waals surface area contributed by atoms with Crippen LogP contribution in [0, 0.1) is 23.2 Å². The van der Waals surface area contributed by atoms with Crippen molar-refractivity contribution < 1.29 is 9.59 Å². The fraction of sp³-hybridized carbons (Fsp3) is 0.692. The fourth-order valence-corrected chi connectivity index (χ4v) is 2.91. The number of nitrogens with two attached hydrogens (primary N) is 1. The lowest BCUT2D eigenvalue weighted by atomic mass is 9.86. The Morgan fingerprint density at radius 2 is 2.05 bits per heavy atom. The van der Waals surface area contributed by atoms with Crippen LogP contribution >= 0.6 is 11.8 Å². The Labute approximate surface area is 118 Å². The smallest absolute Gasteiger partial charge is 0.225 e. The number of hydrogen-bond donors (Lipinski definition) is 2. The van der Waals surface area contributed by atoms with Crippen molar-refractivity contribution in [2.24, 2.45) is 11.1 Å². The average molecular weight is 282 g/mol. The van der Waals surface area contributed by atoms with Gasteiger partial charge in [0, 0.05) is 5.41 Å². The summed E-state index contributed by atoms with van der Waals surface area (Å²) in [6.45, 7) is 3.38. The monoisotopic (exact) mass is 282 g/mol. The number of carbonyl (C=O) groups excluding carboxylic acids is 2. The molecule has 0 aromatic heterocycles. The largest absolute Gasteiger partial charge is 0.369 e. The number of primary amides is 1. The topological polar surface area (TPSA) is 96.0 Å². The van der Waals surface area contributed by atoms with Crippen LogP contribution in [0.15, 0.2) is 0 Å². The standard InChI is InChI=1S/C13H20N3O2S/c1-12(2,11(15)18)4-3-10(17)16-13(9-14)5-7-19-8-6-13/h3H,4-8H2,1-2H3,(H2,15,18)(H,16,17). The molecule has 0 atom stereocenters. The van der Waals surface area contributed by atoms with Crippen molar-refractivity contribution in [3.63, 3.8) is 0 Å². The molecule has 0 bridgehead atoms. The Kier molecular flexibility index (Phi) is 5.24. The van der Waals surface area contributed by atoms with Crippen molar-refractivity contribution >= 4 is 23.6 Å². The SMILES string of the molecule is CC(C)(C[CH]C(=O)NC1(C#N)CCSCC1)C(N)=O. The minimum Gasteiger partial charge on any atom is -0.369 e. The fourth-order valence-electron chi connectivity index (χ4n) is 1.72. The predicted octanol–water partition coefficient (Wildman–Crippen LogP) is 0.998. The second-order valence-corrected chi connectivity index (χ2v) is 6.68. The molecule has 1 radical (unpaired) electrons. The number of rotatable bonds is 5. The van der Waals surface area contributed by atoms with E-state index in [1.807, 2.05) is 0 Å². The first kappa shape index (κ1) is 15.8. The van der Waals surface area contributed by atoms with Gasteiger partial charge in [0.25, 0.3) is 0 Å². The quantitative estimate of drug-likeness (QED) is 0.786. The molecule has 3 N–H and O–H groups in total. The highest BCUT2D eigenvalue weighted by atomic mass is 32.2. The molecule has 1 fully saturated rings. The third-order valence-corrected chi connectivity index (χ3v) is 4.37. The van der Waals surface area contributed by atoms with E-state index in [1.54, 1.807) is 25.6 Å². The van der Waals surface area contributed by atoms with Crippen LogP contribution in [0.4, 0.5) is 0 Å². The number of thioether (sulfide) groups is 1. The van der Waals surface area contributed by atoms with E-state index in [0.29, 0.717) is 12.8 Å². The molecule has 6 heteroatoms. The molecule has 1 rings (SSSR count). The van der Waals surface area contributed by atoms with E-state index in [4.69, 9.17) is 5.73 Å². The van der Waals surface area contributed by atoms with E-state index in [-0.39, 0.29) is 12.3 Å². The van der Waals surface area contributed by atoms with Gasteiger partial charge in [0.05, 0.1) is 12.5 Å². The number of nitriles is 1. The van der Waals surface area contributed by atoms with Gasteiger partial charge in [-0.3, -0.25) is 9.59 Å². The lowest BCUT2D eigenvalue weighted by Gasteiger charge is -2.31. The second kappa shape index (κ2) is 6.29. The minimum absolute atomic E-state index is 0.268. The third kappa shape index (κ3) is 4.43. The first-order chi connectivity index (χ1) is 8.81. The van der Waals surface area contributed by atoms with Gasteiger partial charge in [-0.2, -0.15) is 17.0 Å². The van der Waals surface area contributed by atoms with E-state index < -0.39 is 16.9 Å².